The summed E-state index contributed by atoms with van der Waals surface area (Å²) in [6, 6.07) is 3.31. The lowest BCUT2D eigenvalue weighted by Gasteiger charge is -2.06. The van der Waals surface area contributed by atoms with Crippen LogP contribution in [0.2, 0.25) is 5.22 Å². The van der Waals surface area contributed by atoms with Crippen molar-refractivity contribution in [1.82, 2.24) is 0 Å². The fourth-order valence-electron chi connectivity index (χ4n) is 1.03. The average Bonchev–Trinajstić information content (AvgIpc) is 2.47. The lowest BCUT2D eigenvalue weighted by molar-refractivity contribution is 0.141. The van der Waals surface area contributed by atoms with E-state index in [1.807, 2.05) is 6.92 Å². The van der Waals surface area contributed by atoms with Crippen LogP contribution in [0.5, 0.6) is 0 Å². The number of halogens is 1. The van der Waals surface area contributed by atoms with E-state index >= 15 is 0 Å². The van der Waals surface area contributed by atoms with Gasteiger partial charge in [0.2, 0.25) is 0 Å². The zero-order valence-corrected chi connectivity index (χ0v) is 8.34. The highest BCUT2D eigenvalue weighted by Crippen LogP contribution is 2.24. The van der Waals surface area contributed by atoms with Gasteiger partial charge in [-0.25, -0.2) is 0 Å². The molecule has 1 atom stereocenters. The molecule has 0 saturated carbocycles. The zero-order valence-electron chi connectivity index (χ0n) is 7.59. The molecule has 0 aliphatic carbocycles. The Hall–Kier alpha value is -0.730. The number of hydrogen-bond acceptors (Lipinski definition) is 2. The minimum absolute atomic E-state index is 0.310. The van der Waals surface area contributed by atoms with E-state index in [0.29, 0.717) is 17.4 Å². The summed E-state index contributed by atoms with van der Waals surface area (Å²) < 4.78 is 5.06. The maximum Gasteiger partial charge on any atom is 0.193 e. The topological polar surface area (TPSA) is 33.4 Å². The van der Waals surface area contributed by atoms with E-state index < -0.39 is 6.10 Å². The highest BCUT2D eigenvalue weighted by molar-refractivity contribution is 6.28. The van der Waals surface area contributed by atoms with E-state index in [2.05, 4.69) is 6.58 Å². The lowest BCUT2D eigenvalue weighted by Crippen LogP contribution is -1.95. The summed E-state index contributed by atoms with van der Waals surface area (Å²) >= 11 is 5.57. The highest BCUT2D eigenvalue weighted by atomic mass is 35.5. The number of aliphatic hydroxyl groups is 1. The van der Waals surface area contributed by atoms with E-state index in [1.165, 1.54) is 0 Å². The Morgan fingerprint density at radius 3 is 2.85 bits per heavy atom. The Balaban J connectivity index is 2.48. The van der Waals surface area contributed by atoms with Gasteiger partial charge >= 0.3 is 0 Å². The third-order valence-corrected chi connectivity index (χ3v) is 1.97. The molecule has 0 aromatic carbocycles. The Morgan fingerprint density at radius 1 is 1.69 bits per heavy atom. The van der Waals surface area contributed by atoms with Crippen molar-refractivity contribution in [3.63, 3.8) is 0 Å². The molecule has 1 aromatic heterocycles. The van der Waals surface area contributed by atoms with Crippen LogP contribution in [-0.2, 0) is 0 Å². The van der Waals surface area contributed by atoms with Crippen LogP contribution >= 0.6 is 11.6 Å². The Kier molecular flexibility index (Phi) is 3.58. The molecule has 0 radical (unpaired) electrons. The summed E-state index contributed by atoms with van der Waals surface area (Å²) in [7, 11) is 0. The zero-order chi connectivity index (χ0) is 9.84. The van der Waals surface area contributed by atoms with Gasteiger partial charge in [0.15, 0.2) is 5.22 Å². The molecule has 2 nitrogen and oxygen atoms in total. The molecule has 0 aliphatic heterocycles. The molecule has 72 valence electrons. The predicted molar refractivity (Wildman–Crippen MR) is 52.7 cm³/mol. The molecule has 0 bridgehead atoms. The summed E-state index contributed by atoms with van der Waals surface area (Å²) in [6.07, 6.45) is 0.836. The van der Waals surface area contributed by atoms with Gasteiger partial charge in [0.25, 0.3) is 0 Å². The first-order valence-corrected chi connectivity index (χ1v) is 4.55. The molecule has 1 N–H and O–H groups in total. The molecular formula is C10H13ClO2. The van der Waals surface area contributed by atoms with Gasteiger partial charge in [0, 0.05) is 0 Å². The highest BCUT2D eigenvalue weighted by Gasteiger charge is 2.11. The second kappa shape index (κ2) is 4.49. The van der Waals surface area contributed by atoms with E-state index in [0.717, 1.165) is 12.0 Å². The van der Waals surface area contributed by atoms with Crippen molar-refractivity contribution in [3.05, 3.63) is 35.3 Å². The standard InChI is InChI=1S/C10H13ClO2/c1-7(2)3-4-8(12)9-5-6-10(11)13-9/h5-6,8,12H,1,3-4H2,2H3. The van der Waals surface area contributed by atoms with Crippen LogP contribution in [0.15, 0.2) is 28.7 Å². The predicted octanol–water partition coefficient (Wildman–Crippen LogP) is 3.32. The molecular weight excluding hydrogens is 188 g/mol. The van der Waals surface area contributed by atoms with Crippen molar-refractivity contribution in [3.8, 4) is 0 Å². The van der Waals surface area contributed by atoms with Gasteiger partial charge in [-0.2, -0.15) is 0 Å². The van der Waals surface area contributed by atoms with Gasteiger partial charge in [-0.3, -0.25) is 0 Å². The molecule has 3 heteroatoms. The molecule has 0 spiro atoms. The minimum Gasteiger partial charge on any atom is -0.447 e. The number of furan rings is 1. The van der Waals surface area contributed by atoms with E-state index in [-0.39, 0.29) is 0 Å². The summed E-state index contributed by atoms with van der Waals surface area (Å²) in [4.78, 5) is 0. The molecule has 13 heavy (non-hydrogen) atoms. The lowest BCUT2D eigenvalue weighted by atomic mass is 10.1. The number of hydrogen-bond donors (Lipinski definition) is 1. The van der Waals surface area contributed by atoms with Crippen molar-refractivity contribution in [1.29, 1.82) is 0 Å². The van der Waals surface area contributed by atoms with Gasteiger partial charge in [0.1, 0.15) is 11.9 Å². The normalized spacial score (nSPS) is 12.8. The maximum atomic E-state index is 9.59. The van der Waals surface area contributed by atoms with Crippen LogP contribution < -0.4 is 0 Å². The van der Waals surface area contributed by atoms with E-state index in [1.54, 1.807) is 12.1 Å². The van der Waals surface area contributed by atoms with Crippen molar-refractivity contribution < 1.29 is 9.52 Å². The second-order valence-corrected chi connectivity index (χ2v) is 3.53. The smallest absolute Gasteiger partial charge is 0.193 e. The van der Waals surface area contributed by atoms with Crippen LogP contribution in [-0.4, -0.2) is 5.11 Å². The molecule has 1 rings (SSSR count). The van der Waals surface area contributed by atoms with Gasteiger partial charge in [-0.1, -0.05) is 5.57 Å². The Morgan fingerprint density at radius 2 is 2.38 bits per heavy atom. The molecule has 0 amide bonds. The Labute approximate surface area is 82.8 Å². The largest absolute Gasteiger partial charge is 0.447 e. The average molecular weight is 201 g/mol. The van der Waals surface area contributed by atoms with Gasteiger partial charge < -0.3 is 9.52 Å². The first-order valence-electron chi connectivity index (χ1n) is 4.17. The van der Waals surface area contributed by atoms with Gasteiger partial charge in [0.05, 0.1) is 0 Å². The fourth-order valence-corrected chi connectivity index (χ4v) is 1.18. The first kappa shape index (κ1) is 10.4. The Bertz CT molecular complexity index is 291. The summed E-state index contributed by atoms with van der Waals surface area (Å²) in [5.41, 5.74) is 1.05. The quantitative estimate of drug-likeness (QED) is 0.757. The number of allylic oxidation sites excluding steroid dienone is 1. The number of aliphatic hydroxyl groups excluding tert-OH is 1. The van der Waals surface area contributed by atoms with Crippen molar-refractivity contribution in [2.75, 3.05) is 0 Å². The third-order valence-electron chi connectivity index (χ3n) is 1.77. The van der Waals surface area contributed by atoms with Crippen molar-refractivity contribution in [2.24, 2.45) is 0 Å². The maximum absolute atomic E-state index is 9.59. The monoisotopic (exact) mass is 200 g/mol. The van der Waals surface area contributed by atoms with Crippen molar-refractivity contribution >= 4 is 11.6 Å². The van der Waals surface area contributed by atoms with Crippen molar-refractivity contribution in [2.45, 2.75) is 25.9 Å². The van der Waals surface area contributed by atoms with Crippen LogP contribution in [0.3, 0.4) is 0 Å². The molecule has 1 heterocycles. The summed E-state index contributed by atoms with van der Waals surface area (Å²) in [5, 5.41) is 9.90. The van der Waals surface area contributed by atoms with Gasteiger partial charge in [-0.15, -0.1) is 6.58 Å². The molecule has 0 fully saturated rings. The second-order valence-electron chi connectivity index (χ2n) is 3.15. The SMILES string of the molecule is C=C(C)CCC(O)c1ccc(Cl)o1. The van der Waals surface area contributed by atoms with E-state index in [4.69, 9.17) is 16.0 Å². The first-order chi connectivity index (χ1) is 6.09. The van der Waals surface area contributed by atoms with Crippen LogP contribution in [0.4, 0.5) is 0 Å². The summed E-state index contributed by atoms with van der Waals surface area (Å²) in [6.45, 7) is 5.69. The van der Waals surface area contributed by atoms with Crippen LogP contribution in [0.1, 0.15) is 31.6 Å². The minimum atomic E-state index is -0.579. The van der Waals surface area contributed by atoms with Crippen LogP contribution in [0, 0.1) is 0 Å². The van der Waals surface area contributed by atoms with E-state index in [9.17, 15) is 5.11 Å². The third kappa shape index (κ3) is 3.25. The molecule has 1 aromatic rings. The van der Waals surface area contributed by atoms with Gasteiger partial charge in [-0.05, 0) is 43.5 Å². The number of rotatable bonds is 4. The molecule has 1 unspecified atom stereocenters. The summed E-state index contributed by atoms with van der Waals surface area (Å²) in [5.74, 6) is 0.520. The van der Waals surface area contributed by atoms with Crippen LogP contribution in [0.25, 0.3) is 0 Å². The fraction of sp³-hybridized carbons (Fsp3) is 0.400. The molecule has 0 aliphatic rings. The molecule has 0 saturated heterocycles.